The number of carbonyl (C=O) groups is 2. The van der Waals surface area contributed by atoms with Crippen molar-refractivity contribution in [2.75, 3.05) is 10.6 Å². The zero-order valence-electron chi connectivity index (χ0n) is 13.9. The number of nitrogens with zero attached hydrogens (tertiary/aromatic N) is 1. The van der Waals surface area contributed by atoms with Crippen molar-refractivity contribution in [3.05, 3.63) is 75.0 Å². The van der Waals surface area contributed by atoms with Gasteiger partial charge in [0.1, 0.15) is 10.7 Å². The first-order chi connectivity index (χ1) is 13.4. The summed E-state index contributed by atoms with van der Waals surface area (Å²) in [5, 5.41) is 16.3. The summed E-state index contributed by atoms with van der Waals surface area (Å²) < 4.78 is 10.6. The highest BCUT2D eigenvalue weighted by Crippen LogP contribution is 2.38. The van der Waals surface area contributed by atoms with E-state index in [0.717, 1.165) is 6.07 Å². The molecule has 0 saturated carbocycles. The molecule has 0 saturated heterocycles. The highest BCUT2D eigenvalue weighted by atomic mass is 35.5. The van der Waals surface area contributed by atoms with E-state index in [1.165, 1.54) is 24.3 Å². The zero-order chi connectivity index (χ0) is 19.8. The fourth-order valence-corrected chi connectivity index (χ4v) is 2.78. The number of fused-ring (bicyclic) bond motifs is 2. The summed E-state index contributed by atoms with van der Waals surface area (Å²) in [6.07, 6.45) is 0. The molecular formula is C18H10ClN3O6. The average molecular weight is 400 g/mol. The maximum absolute atomic E-state index is 12.5. The third-order valence-electron chi connectivity index (χ3n) is 3.89. The number of nitro groups is 1. The van der Waals surface area contributed by atoms with Crippen molar-refractivity contribution in [3.8, 4) is 11.5 Å². The fraction of sp³-hybridized carbons (Fsp3) is 0. The van der Waals surface area contributed by atoms with Crippen molar-refractivity contribution in [1.29, 1.82) is 0 Å². The molecule has 0 fully saturated rings. The van der Waals surface area contributed by atoms with E-state index in [1.807, 2.05) is 0 Å². The van der Waals surface area contributed by atoms with E-state index in [4.69, 9.17) is 20.8 Å². The van der Waals surface area contributed by atoms with Crippen LogP contribution in [0.1, 0.15) is 20.9 Å². The van der Waals surface area contributed by atoms with Crippen LogP contribution in [-0.2, 0) is 0 Å². The molecule has 1 aromatic heterocycles. The van der Waals surface area contributed by atoms with E-state index in [2.05, 4.69) is 10.6 Å². The first kappa shape index (κ1) is 17.6. The van der Waals surface area contributed by atoms with Crippen LogP contribution in [0.25, 0.3) is 0 Å². The van der Waals surface area contributed by atoms with Crippen LogP contribution in [0.3, 0.4) is 0 Å². The van der Waals surface area contributed by atoms with Gasteiger partial charge in [-0.15, -0.1) is 0 Å². The van der Waals surface area contributed by atoms with Crippen LogP contribution in [0.2, 0.25) is 5.02 Å². The number of rotatable bonds is 3. The number of nitrogens with one attached hydrogen (secondary N) is 2. The number of ether oxygens (including phenoxy) is 1. The van der Waals surface area contributed by atoms with E-state index in [1.54, 1.807) is 18.2 Å². The molecule has 0 spiro atoms. The summed E-state index contributed by atoms with van der Waals surface area (Å²) >= 11 is 5.95. The third kappa shape index (κ3) is 3.26. The SMILES string of the molecule is O=C(Nc1ccc2c(c1)C(=O)Nc1cc(Cl)ccc1O2)c1ccc([N+](=O)[O-])o1. The van der Waals surface area contributed by atoms with Crippen molar-refractivity contribution in [2.45, 2.75) is 0 Å². The molecule has 4 rings (SSSR count). The monoisotopic (exact) mass is 399 g/mol. The number of carbonyl (C=O) groups excluding carboxylic acids is 2. The van der Waals surface area contributed by atoms with Crippen LogP contribution in [-0.4, -0.2) is 16.7 Å². The van der Waals surface area contributed by atoms with Gasteiger partial charge in [0, 0.05) is 10.7 Å². The normalized spacial score (nSPS) is 12.1. The van der Waals surface area contributed by atoms with E-state index < -0.39 is 22.6 Å². The van der Waals surface area contributed by atoms with Crippen LogP contribution < -0.4 is 15.4 Å². The van der Waals surface area contributed by atoms with Crippen LogP contribution >= 0.6 is 11.6 Å². The highest BCUT2D eigenvalue weighted by molar-refractivity contribution is 6.31. The fourth-order valence-electron chi connectivity index (χ4n) is 2.61. The molecule has 2 aromatic carbocycles. The second kappa shape index (κ2) is 6.71. The topological polar surface area (TPSA) is 124 Å². The number of hydrogen-bond donors (Lipinski definition) is 2. The lowest BCUT2D eigenvalue weighted by Gasteiger charge is -2.09. The number of hydrogen-bond acceptors (Lipinski definition) is 6. The Kier molecular flexibility index (Phi) is 4.21. The first-order valence-corrected chi connectivity index (χ1v) is 8.27. The predicted molar refractivity (Wildman–Crippen MR) is 99.2 cm³/mol. The Hall–Kier alpha value is -3.85. The molecule has 3 aromatic rings. The molecule has 1 aliphatic rings. The molecule has 0 bridgehead atoms. The average Bonchev–Trinajstić information content (AvgIpc) is 3.11. The molecule has 2 N–H and O–H groups in total. The Morgan fingerprint density at radius 3 is 2.64 bits per heavy atom. The van der Waals surface area contributed by atoms with Gasteiger partial charge < -0.3 is 19.8 Å². The molecule has 0 aliphatic carbocycles. The highest BCUT2D eigenvalue weighted by Gasteiger charge is 2.23. The lowest BCUT2D eigenvalue weighted by atomic mass is 10.1. The molecule has 140 valence electrons. The number of anilines is 2. The second-order valence-electron chi connectivity index (χ2n) is 5.76. The smallest absolute Gasteiger partial charge is 0.433 e. The van der Waals surface area contributed by atoms with Crippen LogP contribution in [0.4, 0.5) is 17.3 Å². The van der Waals surface area contributed by atoms with Gasteiger partial charge in [0.15, 0.2) is 11.5 Å². The van der Waals surface area contributed by atoms with E-state index in [0.29, 0.717) is 22.2 Å². The molecule has 0 radical (unpaired) electrons. The Labute approximate surface area is 162 Å². The van der Waals surface area contributed by atoms with Gasteiger partial charge in [-0.25, -0.2) is 0 Å². The number of benzene rings is 2. The Morgan fingerprint density at radius 1 is 1.11 bits per heavy atom. The maximum atomic E-state index is 12.5. The lowest BCUT2D eigenvalue weighted by molar-refractivity contribution is -0.402. The van der Waals surface area contributed by atoms with Gasteiger partial charge in [-0.05, 0) is 42.5 Å². The Balaban J connectivity index is 1.60. The van der Waals surface area contributed by atoms with Gasteiger partial charge in [0.2, 0.25) is 0 Å². The summed E-state index contributed by atoms with van der Waals surface area (Å²) in [6.45, 7) is 0. The van der Waals surface area contributed by atoms with Gasteiger partial charge in [-0.3, -0.25) is 19.7 Å². The van der Waals surface area contributed by atoms with Crippen LogP contribution in [0.5, 0.6) is 11.5 Å². The molecule has 10 heteroatoms. The van der Waals surface area contributed by atoms with Gasteiger partial charge >= 0.3 is 5.88 Å². The third-order valence-corrected chi connectivity index (χ3v) is 4.12. The first-order valence-electron chi connectivity index (χ1n) is 7.89. The van der Waals surface area contributed by atoms with Gasteiger partial charge in [0.25, 0.3) is 11.8 Å². The van der Waals surface area contributed by atoms with E-state index >= 15 is 0 Å². The second-order valence-corrected chi connectivity index (χ2v) is 6.19. The summed E-state index contributed by atoms with van der Waals surface area (Å²) in [6, 6.07) is 11.6. The molecule has 0 atom stereocenters. The molecule has 0 unspecified atom stereocenters. The van der Waals surface area contributed by atoms with Crippen molar-refractivity contribution >= 4 is 40.7 Å². The Bertz CT molecular complexity index is 1140. The van der Waals surface area contributed by atoms with E-state index in [9.17, 15) is 19.7 Å². The molecule has 1 aliphatic heterocycles. The van der Waals surface area contributed by atoms with Gasteiger partial charge in [-0.1, -0.05) is 11.6 Å². The van der Waals surface area contributed by atoms with Gasteiger partial charge in [-0.2, -0.15) is 0 Å². The van der Waals surface area contributed by atoms with Crippen molar-refractivity contribution in [2.24, 2.45) is 0 Å². The van der Waals surface area contributed by atoms with Crippen molar-refractivity contribution in [1.82, 2.24) is 0 Å². The minimum atomic E-state index is -0.745. The summed E-state index contributed by atoms with van der Waals surface area (Å²) in [4.78, 5) is 34.6. The molecular weight excluding hydrogens is 390 g/mol. The summed E-state index contributed by atoms with van der Waals surface area (Å²) in [7, 11) is 0. The van der Waals surface area contributed by atoms with Crippen molar-refractivity contribution < 1.29 is 23.7 Å². The largest absolute Gasteiger partial charge is 0.454 e. The Morgan fingerprint density at radius 2 is 1.89 bits per heavy atom. The zero-order valence-corrected chi connectivity index (χ0v) is 14.6. The number of furan rings is 1. The van der Waals surface area contributed by atoms with E-state index in [-0.39, 0.29) is 17.0 Å². The number of halogens is 1. The lowest BCUT2D eigenvalue weighted by Crippen LogP contribution is -2.13. The summed E-state index contributed by atoms with van der Waals surface area (Å²) in [5.74, 6) is -1.19. The quantitative estimate of drug-likeness (QED) is 0.495. The maximum Gasteiger partial charge on any atom is 0.433 e. The molecule has 28 heavy (non-hydrogen) atoms. The standard InChI is InChI=1S/C18H10ClN3O6/c19-9-1-3-14-12(7-9)21-17(23)11-8-10(2-4-13(11)27-14)20-18(24)15-5-6-16(28-15)22(25)26/h1-8H,(H,20,24)(H,21,23). The van der Waals surface area contributed by atoms with Gasteiger partial charge in [0.05, 0.1) is 17.3 Å². The minimum Gasteiger partial charge on any atom is -0.454 e. The predicted octanol–water partition coefficient (Wildman–Crippen LogP) is 4.45. The van der Waals surface area contributed by atoms with Crippen LogP contribution in [0.15, 0.2) is 52.9 Å². The molecule has 2 amide bonds. The summed E-state index contributed by atoms with van der Waals surface area (Å²) in [5.41, 5.74) is 0.892. The molecule has 2 heterocycles. The number of amides is 2. The van der Waals surface area contributed by atoms with Crippen molar-refractivity contribution in [3.63, 3.8) is 0 Å². The minimum absolute atomic E-state index is 0.190. The molecule has 9 nitrogen and oxygen atoms in total. The van der Waals surface area contributed by atoms with Crippen LogP contribution in [0, 0.1) is 10.1 Å².